The van der Waals surface area contributed by atoms with E-state index in [9.17, 15) is 14.4 Å². The normalized spacial score (nSPS) is 18.7. The average Bonchev–Trinajstić information content (AvgIpc) is 3.01. The van der Waals surface area contributed by atoms with E-state index in [0.717, 1.165) is 32.2 Å². The van der Waals surface area contributed by atoms with Crippen LogP contribution in [0.1, 0.15) is 48.9 Å². The first kappa shape index (κ1) is 19.4. The highest BCUT2D eigenvalue weighted by atomic mass is 16.5. The van der Waals surface area contributed by atoms with E-state index < -0.39 is 0 Å². The van der Waals surface area contributed by atoms with Gasteiger partial charge in [0.05, 0.1) is 5.56 Å². The Morgan fingerprint density at radius 3 is 2.30 bits per heavy atom. The lowest BCUT2D eigenvalue weighted by Crippen LogP contribution is -2.45. The fourth-order valence-corrected chi connectivity index (χ4v) is 3.87. The molecule has 146 valence electrons. The number of likely N-dealkylation sites (tertiary alicyclic amines) is 2. The van der Waals surface area contributed by atoms with E-state index in [1.54, 1.807) is 29.2 Å². The number of piperidine rings is 1. The van der Waals surface area contributed by atoms with Crippen LogP contribution in [0.4, 0.5) is 0 Å². The van der Waals surface area contributed by atoms with Gasteiger partial charge >= 0.3 is 0 Å². The van der Waals surface area contributed by atoms with Crippen LogP contribution in [0.5, 0.6) is 5.75 Å². The van der Waals surface area contributed by atoms with Gasteiger partial charge in [0.1, 0.15) is 5.75 Å². The smallest absolute Gasteiger partial charge is 0.260 e. The quantitative estimate of drug-likeness (QED) is 0.745. The Labute approximate surface area is 160 Å². The molecule has 0 aromatic heterocycles. The Morgan fingerprint density at radius 1 is 0.963 bits per heavy atom. The van der Waals surface area contributed by atoms with E-state index in [1.165, 1.54) is 12.8 Å². The SMILES string of the molecule is O=Cc1ccccc1OCC(=O)N1CCC(C(=O)N2CCCCCC2)CC1. The summed E-state index contributed by atoms with van der Waals surface area (Å²) in [5.74, 6) is 0.618. The van der Waals surface area contributed by atoms with Crippen LogP contribution in [0.2, 0.25) is 0 Å². The van der Waals surface area contributed by atoms with E-state index in [-0.39, 0.29) is 24.3 Å². The van der Waals surface area contributed by atoms with Crippen molar-refractivity contribution in [3.63, 3.8) is 0 Å². The van der Waals surface area contributed by atoms with E-state index >= 15 is 0 Å². The first-order valence-corrected chi connectivity index (χ1v) is 9.92. The van der Waals surface area contributed by atoms with Gasteiger partial charge in [-0.2, -0.15) is 0 Å². The summed E-state index contributed by atoms with van der Waals surface area (Å²) in [5, 5.41) is 0. The van der Waals surface area contributed by atoms with Crippen molar-refractivity contribution < 1.29 is 19.1 Å². The number of aldehydes is 1. The van der Waals surface area contributed by atoms with Crippen LogP contribution in [0.3, 0.4) is 0 Å². The molecule has 27 heavy (non-hydrogen) atoms. The molecule has 0 unspecified atom stereocenters. The van der Waals surface area contributed by atoms with Crippen LogP contribution < -0.4 is 4.74 Å². The number of nitrogens with zero attached hydrogens (tertiary/aromatic N) is 2. The predicted octanol–water partition coefficient (Wildman–Crippen LogP) is 2.52. The first-order chi connectivity index (χ1) is 13.2. The third-order valence-electron chi connectivity index (χ3n) is 5.51. The highest BCUT2D eigenvalue weighted by molar-refractivity contribution is 5.82. The van der Waals surface area contributed by atoms with Gasteiger partial charge < -0.3 is 14.5 Å². The van der Waals surface area contributed by atoms with E-state index in [1.807, 2.05) is 4.90 Å². The standard InChI is InChI=1S/C21H28N2O4/c24-15-18-7-3-4-8-19(18)27-16-20(25)22-13-9-17(10-14-22)21(26)23-11-5-1-2-6-12-23/h3-4,7-8,15,17H,1-2,5-6,9-14,16H2. The molecule has 0 N–H and O–H groups in total. The Morgan fingerprint density at radius 2 is 1.63 bits per heavy atom. The molecule has 1 aromatic carbocycles. The van der Waals surface area contributed by atoms with Gasteiger partial charge in [0.25, 0.3) is 5.91 Å². The molecular formula is C21H28N2O4. The van der Waals surface area contributed by atoms with Gasteiger partial charge in [-0.15, -0.1) is 0 Å². The third kappa shape index (κ3) is 5.08. The molecule has 0 radical (unpaired) electrons. The van der Waals surface area contributed by atoms with Gasteiger partial charge in [-0.25, -0.2) is 0 Å². The van der Waals surface area contributed by atoms with Crippen molar-refractivity contribution in [3.8, 4) is 5.75 Å². The molecule has 0 aliphatic carbocycles. The van der Waals surface area contributed by atoms with Gasteiger partial charge in [0.15, 0.2) is 12.9 Å². The number of hydrogen-bond acceptors (Lipinski definition) is 4. The summed E-state index contributed by atoms with van der Waals surface area (Å²) in [6.07, 6.45) is 6.77. The van der Waals surface area contributed by atoms with Crippen LogP contribution in [0.25, 0.3) is 0 Å². The van der Waals surface area contributed by atoms with E-state index in [0.29, 0.717) is 37.2 Å². The summed E-state index contributed by atoms with van der Waals surface area (Å²) in [5.41, 5.74) is 0.437. The molecule has 0 spiro atoms. The number of hydrogen-bond donors (Lipinski definition) is 0. The summed E-state index contributed by atoms with van der Waals surface area (Å²) in [4.78, 5) is 39.9. The van der Waals surface area contributed by atoms with Crippen molar-refractivity contribution in [1.29, 1.82) is 0 Å². The zero-order valence-corrected chi connectivity index (χ0v) is 15.8. The second-order valence-corrected chi connectivity index (χ2v) is 7.34. The van der Waals surface area contributed by atoms with Gasteiger partial charge in [0.2, 0.25) is 5.91 Å². The van der Waals surface area contributed by atoms with Gasteiger partial charge in [0, 0.05) is 32.1 Å². The van der Waals surface area contributed by atoms with Crippen molar-refractivity contribution in [2.75, 3.05) is 32.8 Å². The third-order valence-corrected chi connectivity index (χ3v) is 5.51. The minimum atomic E-state index is -0.101. The van der Waals surface area contributed by atoms with Crippen molar-refractivity contribution in [2.45, 2.75) is 38.5 Å². The first-order valence-electron chi connectivity index (χ1n) is 9.92. The average molecular weight is 372 g/mol. The molecule has 2 amide bonds. The zero-order chi connectivity index (χ0) is 19.1. The second kappa shape index (κ2) is 9.53. The molecule has 1 aromatic rings. The summed E-state index contributed by atoms with van der Waals surface area (Å²) in [7, 11) is 0. The fraction of sp³-hybridized carbons (Fsp3) is 0.571. The number of ether oxygens (including phenoxy) is 1. The Kier molecular flexibility index (Phi) is 6.85. The van der Waals surface area contributed by atoms with E-state index in [2.05, 4.69) is 0 Å². The van der Waals surface area contributed by atoms with Crippen LogP contribution in [-0.2, 0) is 9.59 Å². The molecule has 0 atom stereocenters. The zero-order valence-electron chi connectivity index (χ0n) is 15.8. The maximum absolute atomic E-state index is 12.7. The van der Waals surface area contributed by atoms with Crippen molar-refractivity contribution in [1.82, 2.24) is 9.80 Å². The summed E-state index contributed by atoms with van der Waals surface area (Å²) < 4.78 is 5.53. The molecule has 2 heterocycles. The predicted molar refractivity (Wildman–Crippen MR) is 102 cm³/mol. The minimum absolute atomic E-state index is 0.0313. The summed E-state index contributed by atoms with van der Waals surface area (Å²) >= 11 is 0. The number of carbonyl (C=O) groups excluding carboxylic acids is 3. The van der Waals surface area contributed by atoms with Crippen LogP contribution >= 0.6 is 0 Å². The molecule has 6 heteroatoms. The minimum Gasteiger partial charge on any atom is -0.483 e. The van der Waals surface area contributed by atoms with Gasteiger partial charge in [-0.1, -0.05) is 25.0 Å². The lowest BCUT2D eigenvalue weighted by atomic mass is 9.95. The topological polar surface area (TPSA) is 66.9 Å². The van der Waals surface area contributed by atoms with Gasteiger partial charge in [-0.05, 0) is 37.8 Å². The molecular weight excluding hydrogens is 344 g/mol. The summed E-state index contributed by atoms with van der Waals surface area (Å²) in [6, 6.07) is 6.87. The Balaban J connectivity index is 1.46. The molecule has 2 aliphatic rings. The van der Waals surface area contributed by atoms with Crippen LogP contribution in [0, 0.1) is 5.92 Å². The fourth-order valence-electron chi connectivity index (χ4n) is 3.87. The number of benzene rings is 1. The molecule has 0 saturated carbocycles. The Bertz CT molecular complexity index is 660. The highest BCUT2D eigenvalue weighted by Crippen LogP contribution is 2.22. The maximum atomic E-state index is 12.7. The maximum Gasteiger partial charge on any atom is 0.260 e. The number of carbonyl (C=O) groups is 3. The molecule has 2 aliphatic heterocycles. The Hall–Kier alpha value is -2.37. The van der Waals surface area contributed by atoms with E-state index in [4.69, 9.17) is 4.74 Å². The van der Waals surface area contributed by atoms with Crippen molar-refractivity contribution >= 4 is 18.1 Å². The number of para-hydroxylation sites is 1. The molecule has 3 rings (SSSR count). The highest BCUT2D eigenvalue weighted by Gasteiger charge is 2.30. The monoisotopic (exact) mass is 372 g/mol. The van der Waals surface area contributed by atoms with Crippen molar-refractivity contribution in [2.24, 2.45) is 5.92 Å². The number of amides is 2. The lowest BCUT2D eigenvalue weighted by molar-refractivity contribution is -0.141. The second-order valence-electron chi connectivity index (χ2n) is 7.34. The molecule has 0 bridgehead atoms. The van der Waals surface area contributed by atoms with Crippen LogP contribution in [0.15, 0.2) is 24.3 Å². The lowest BCUT2D eigenvalue weighted by Gasteiger charge is -2.34. The van der Waals surface area contributed by atoms with Crippen LogP contribution in [-0.4, -0.2) is 60.7 Å². The summed E-state index contributed by atoms with van der Waals surface area (Å²) in [6.45, 7) is 2.84. The molecule has 2 fully saturated rings. The van der Waals surface area contributed by atoms with Gasteiger partial charge in [-0.3, -0.25) is 14.4 Å². The van der Waals surface area contributed by atoms with Crippen molar-refractivity contribution in [3.05, 3.63) is 29.8 Å². The number of rotatable bonds is 5. The molecule has 2 saturated heterocycles. The largest absolute Gasteiger partial charge is 0.483 e. The molecule has 6 nitrogen and oxygen atoms in total.